The molecule has 0 saturated carbocycles. The fourth-order valence-electron chi connectivity index (χ4n) is 1.95. The van der Waals surface area contributed by atoms with Gasteiger partial charge in [0.15, 0.2) is 0 Å². The number of hydrogen-bond donors (Lipinski definition) is 2. The third kappa shape index (κ3) is 3.46. The first-order chi connectivity index (χ1) is 8.66. The number of carbonyl (C=O) groups excluding carboxylic acids is 1. The van der Waals surface area contributed by atoms with E-state index in [0.29, 0.717) is 6.54 Å². The second-order valence-electron chi connectivity index (χ2n) is 4.38. The van der Waals surface area contributed by atoms with Crippen LogP contribution in [0.15, 0.2) is 18.2 Å². The Morgan fingerprint density at radius 3 is 3.11 bits per heavy atom. The lowest BCUT2D eigenvalue weighted by molar-refractivity contribution is -0.122. The lowest BCUT2D eigenvalue weighted by atomic mass is 10.1. The molecule has 0 radical (unpaired) electrons. The van der Waals surface area contributed by atoms with Crippen molar-refractivity contribution in [2.24, 2.45) is 0 Å². The van der Waals surface area contributed by atoms with E-state index in [1.54, 1.807) is 17.8 Å². The zero-order valence-corrected chi connectivity index (χ0v) is 11.1. The highest BCUT2D eigenvalue weighted by molar-refractivity contribution is 7.99. The fourth-order valence-corrected chi connectivity index (χ4v) is 2.89. The van der Waals surface area contributed by atoms with Gasteiger partial charge in [0.05, 0.1) is 6.04 Å². The summed E-state index contributed by atoms with van der Waals surface area (Å²) in [7, 11) is 0. The first-order valence-corrected chi connectivity index (χ1v) is 7.16. The largest absolute Gasteiger partial charge is 0.354 e. The van der Waals surface area contributed by atoms with Crippen molar-refractivity contribution in [2.75, 3.05) is 18.2 Å². The molecule has 1 aliphatic heterocycles. The summed E-state index contributed by atoms with van der Waals surface area (Å²) >= 11 is 1.73. The molecule has 2 N–H and O–H groups in total. The molecule has 0 spiro atoms. The van der Waals surface area contributed by atoms with Crippen LogP contribution < -0.4 is 10.6 Å². The van der Waals surface area contributed by atoms with Gasteiger partial charge in [-0.3, -0.25) is 10.1 Å². The predicted octanol–water partition coefficient (Wildman–Crippen LogP) is 1.46. The molecular formula is C13H17FN2OS. The van der Waals surface area contributed by atoms with Gasteiger partial charge in [0.25, 0.3) is 0 Å². The van der Waals surface area contributed by atoms with Crippen LogP contribution in [0.1, 0.15) is 11.1 Å². The molecule has 5 heteroatoms. The first-order valence-electron chi connectivity index (χ1n) is 6.00. The van der Waals surface area contributed by atoms with E-state index >= 15 is 0 Å². The van der Waals surface area contributed by atoms with Crippen molar-refractivity contribution < 1.29 is 9.18 Å². The van der Waals surface area contributed by atoms with Gasteiger partial charge in [-0.15, -0.1) is 11.8 Å². The molecule has 1 aromatic carbocycles. The smallest absolute Gasteiger partial charge is 0.238 e. The Labute approximate surface area is 111 Å². The van der Waals surface area contributed by atoms with Crippen LogP contribution in [0.3, 0.4) is 0 Å². The zero-order valence-electron chi connectivity index (χ0n) is 10.3. The SMILES string of the molecule is Cc1cc(F)ccc1CCNC(=O)C1CSCN1. The Morgan fingerprint density at radius 1 is 1.61 bits per heavy atom. The Hall–Kier alpha value is -1.07. The summed E-state index contributed by atoms with van der Waals surface area (Å²) in [5.41, 5.74) is 2.00. The van der Waals surface area contributed by atoms with Crippen LogP contribution in [0.5, 0.6) is 0 Å². The molecule has 1 aromatic rings. The number of hydrogen-bond acceptors (Lipinski definition) is 3. The summed E-state index contributed by atoms with van der Waals surface area (Å²) in [5.74, 6) is 1.52. The molecule has 1 aliphatic rings. The van der Waals surface area contributed by atoms with E-state index in [-0.39, 0.29) is 17.8 Å². The molecule has 1 atom stereocenters. The van der Waals surface area contributed by atoms with Crippen LogP contribution in [0.25, 0.3) is 0 Å². The van der Waals surface area contributed by atoms with Gasteiger partial charge in [-0.1, -0.05) is 6.07 Å². The van der Waals surface area contributed by atoms with E-state index in [1.807, 2.05) is 6.92 Å². The Bertz CT molecular complexity index is 433. The standard InChI is InChI=1S/C13H17FN2OS/c1-9-6-11(14)3-2-10(9)4-5-15-13(17)12-7-18-8-16-12/h2-3,6,12,16H,4-5,7-8H2,1H3,(H,15,17). The minimum absolute atomic E-state index is 0.0553. The average molecular weight is 268 g/mol. The quantitative estimate of drug-likeness (QED) is 0.868. The first kappa shape index (κ1) is 13.4. The summed E-state index contributed by atoms with van der Waals surface area (Å²) in [6.45, 7) is 2.48. The molecule has 1 amide bonds. The molecule has 0 aromatic heterocycles. The number of rotatable bonds is 4. The predicted molar refractivity (Wildman–Crippen MR) is 72.1 cm³/mol. The van der Waals surface area contributed by atoms with Gasteiger partial charge in [0, 0.05) is 18.2 Å². The van der Waals surface area contributed by atoms with E-state index < -0.39 is 0 Å². The number of thioether (sulfide) groups is 1. The number of halogens is 1. The van der Waals surface area contributed by atoms with Crippen LogP contribution in [0.2, 0.25) is 0 Å². The molecular weight excluding hydrogens is 251 g/mol. The van der Waals surface area contributed by atoms with Gasteiger partial charge >= 0.3 is 0 Å². The summed E-state index contributed by atoms with van der Waals surface area (Å²) in [5, 5.41) is 6.03. The third-order valence-corrected chi connectivity index (χ3v) is 3.97. The maximum Gasteiger partial charge on any atom is 0.238 e. The molecule has 3 nitrogen and oxygen atoms in total. The van der Waals surface area contributed by atoms with E-state index in [0.717, 1.165) is 29.2 Å². The number of aryl methyl sites for hydroxylation is 1. The van der Waals surface area contributed by atoms with Crippen molar-refractivity contribution in [1.29, 1.82) is 0 Å². The van der Waals surface area contributed by atoms with Crippen molar-refractivity contribution in [2.45, 2.75) is 19.4 Å². The highest BCUT2D eigenvalue weighted by Gasteiger charge is 2.21. The maximum atomic E-state index is 12.9. The number of amides is 1. The van der Waals surface area contributed by atoms with Crippen LogP contribution in [-0.2, 0) is 11.2 Å². The number of benzene rings is 1. The van der Waals surface area contributed by atoms with E-state index in [1.165, 1.54) is 12.1 Å². The molecule has 1 fully saturated rings. The third-order valence-electron chi connectivity index (χ3n) is 3.03. The molecule has 0 aliphatic carbocycles. The molecule has 1 unspecified atom stereocenters. The van der Waals surface area contributed by atoms with Crippen LogP contribution in [0, 0.1) is 12.7 Å². The Balaban J connectivity index is 1.79. The van der Waals surface area contributed by atoms with Gasteiger partial charge < -0.3 is 5.32 Å². The van der Waals surface area contributed by atoms with Crippen molar-refractivity contribution in [3.05, 3.63) is 35.1 Å². The van der Waals surface area contributed by atoms with Crippen LogP contribution >= 0.6 is 11.8 Å². The Kier molecular flexibility index (Phi) is 4.60. The van der Waals surface area contributed by atoms with Crippen LogP contribution in [0.4, 0.5) is 4.39 Å². The second-order valence-corrected chi connectivity index (χ2v) is 5.41. The monoisotopic (exact) mass is 268 g/mol. The molecule has 2 rings (SSSR count). The van der Waals surface area contributed by atoms with Gasteiger partial charge in [-0.25, -0.2) is 4.39 Å². The summed E-state index contributed by atoms with van der Waals surface area (Å²) in [6, 6.07) is 4.69. The maximum absolute atomic E-state index is 12.9. The molecule has 98 valence electrons. The van der Waals surface area contributed by atoms with Crippen molar-refractivity contribution in [3.63, 3.8) is 0 Å². The minimum atomic E-state index is -0.215. The van der Waals surface area contributed by atoms with E-state index in [9.17, 15) is 9.18 Å². The normalized spacial score (nSPS) is 18.9. The van der Waals surface area contributed by atoms with Gasteiger partial charge in [-0.2, -0.15) is 0 Å². The summed E-state index contributed by atoms with van der Waals surface area (Å²) < 4.78 is 12.9. The molecule has 18 heavy (non-hydrogen) atoms. The molecule has 1 saturated heterocycles. The van der Waals surface area contributed by atoms with Crippen molar-refractivity contribution >= 4 is 17.7 Å². The fraction of sp³-hybridized carbons (Fsp3) is 0.462. The minimum Gasteiger partial charge on any atom is -0.354 e. The molecule has 1 heterocycles. The lowest BCUT2D eigenvalue weighted by Gasteiger charge is -2.11. The van der Waals surface area contributed by atoms with E-state index in [4.69, 9.17) is 0 Å². The van der Waals surface area contributed by atoms with Gasteiger partial charge in [-0.05, 0) is 36.6 Å². The second kappa shape index (κ2) is 6.20. The zero-order chi connectivity index (χ0) is 13.0. The van der Waals surface area contributed by atoms with Gasteiger partial charge in [0.2, 0.25) is 5.91 Å². The van der Waals surface area contributed by atoms with Crippen molar-refractivity contribution in [1.82, 2.24) is 10.6 Å². The van der Waals surface area contributed by atoms with Crippen molar-refractivity contribution in [3.8, 4) is 0 Å². The topological polar surface area (TPSA) is 41.1 Å². The van der Waals surface area contributed by atoms with Crippen LogP contribution in [-0.4, -0.2) is 30.1 Å². The van der Waals surface area contributed by atoms with Gasteiger partial charge in [0.1, 0.15) is 5.82 Å². The average Bonchev–Trinajstić information content (AvgIpc) is 2.85. The van der Waals surface area contributed by atoms with E-state index in [2.05, 4.69) is 10.6 Å². The number of nitrogens with one attached hydrogen (secondary N) is 2. The molecule has 0 bridgehead atoms. The Morgan fingerprint density at radius 2 is 2.44 bits per heavy atom. The summed E-state index contributed by atoms with van der Waals surface area (Å²) in [4.78, 5) is 11.7. The lowest BCUT2D eigenvalue weighted by Crippen LogP contribution is -2.42. The highest BCUT2D eigenvalue weighted by atomic mass is 32.2. The summed E-state index contributed by atoms with van der Waals surface area (Å²) in [6.07, 6.45) is 0.734. The number of carbonyl (C=O) groups is 1. The highest BCUT2D eigenvalue weighted by Crippen LogP contribution is 2.11.